The first-order chi connectivity index (χ1) is 7.36. The van der Waals surface area contributed by atoms with Crippen molar-refractivity contribution in [1.29, 1.82) is 0 Å². The first-order valence-electron chi connectivity index (χ1n) is 4.87. The maximum absolute atomic E-state index is 4.28. The topological polar surface area (TPSA) is 25.8 Å². The van der Waals surface area contributed by atoms with Gasteiger partial charge in [0.25, 0.3) is 0 Å². The Morgan fingerprint density at radius 1 is 1.00 bits per heavy atom. The van der Waals surface area contributed by atoms with Gasteiger partial charge in [-0.15, -0.1) is 0 Å². The highest BCUT2D eigenvalue weighted by molar-refractivity contribution is 5.77. The molecule has 0 bridgehead atoms. The zero-order valence-corrected chi connectivity index (χ0v) is 8.59. The van der Waals surface area contributed by atoms with Crippen LogP contribution in [0.5, 0.6) is 0 Å². The van der Waals surface area contributed by atoms with Crippen molar-refractivity contribution in [3.05, 3.63) is 60.2 Å². The molecule has 0 aromatic carbocycles. The normalized spacial score (nSPS) is 11.4. The Bertz CT molecular complexity index is 446. The van der Waals surface area contributed by atoms with Gasteiger partial charge in [-0.3, -0.25) is 9.97 Å². The Morgan fingerprint density at radius 2 is 1.73 bits per heavy atom. The maximum atomic E-state index is 4.28. The van der Waals surface area contributed by atoms with Crippen molar-refractivity contribution in [2.75, 3.05) is 0 Å². The van der Waals surface area contributed by atoms with Gasteiger partial charge in [0.1, 0.15) is 0 Å². The Hall–Kier alpha value is -1.96. The Kier molecular flexibility index (Phi) is 2.88. The number of allylic oxidation sites excluding steroid dienone is 1. The van der Waals surface area contributed by atoms with Crippen LogP contribution in [0.4, 0.5) is 0 Å². The molecule has 0 aliphatic rings. The predicted molar refractivity (Wildman–Crippen MR) is 62.0 cm³/mol. The van der Waals surface area contributed by atoms with Gasteiger partial charge in [-0.1, -0.05) is 12.1 Å². The minimum Gasteiger partial charge on any atom is -0.257 e. The molecule has 0 aliphatic carbocycles. The first-order valence-corrected chi connectivity index (χ1v) is 4.87. The molecule has 2 aromatic rings. The summed E-state index contributed by atoms with van der Waals surface area (Å²) in [6.07, 6.45) is 5.62. The van der Waals surface area contributed by atoms with Crippen molar-refractivity contribution < 1.29 is 0 Å². The molecular weight excluding hydrogens is 184 g/mol. The molecule has 2 heteroatoms. The summed E-state index contributed by atoms with van der Waals surface area (Å²) in [4.78, 5) is 8.52. The van der Waals surface area contributed by atoms with Crippen LogP contribution in [0.3, 0.4) is 0 Å². The molecule has 15 heavy (non-hydrogen) atoms. The van der Waals surface area contributed by atoms with Crippen molar-refractivity contribution in [3.63, 3.8) is 0 Å². The largest absolute Gasteiger partial charge is 0.257 e. The molecule has 0 atom stereocenters. The standard InChI is InChI=1S/C13H12N2/c1-11(13-7-3-5-9-15-13)10-12-6-2-4-8-14-12/h2-10H,1H3/b11-10-. The highest BCUT2D eigenvalue weighted by Crippen LogP contribution is 2.13. The van der Waals surface area contributed by atoms with E-state index in [1.54, 1.807) is 12.4 Å². The molecule has 0 N–H and O–H groups in total. The fourth-order valence-corrected chi connectivity index (χ4v) is 1.35. The van der Waals surface area contributed by atoms with Gasteiger partial charge in [0.15, 0.2) is 0 Å². The van der Waals surface area contributed by atoms with Gasteiger partial charge in [-0.2, -0.15) is 0 Å². The van der Waals surface area contributed by atoms with Crippen molar-refractivity contribution in [3.8, 4) is 0 Å². The molecular formula is C13H12N2. The third-order valence-electron chi connectivity index (χ3n) is 2.12. The van der Waals surface area contributed by atoms with Gasteiger partial charge in [-0.25, -0.2) is 0 Å². The summed E-state index contributed by atoms with van der Waals surface area (Å²) in [5.74, 6) is 0. The first kappa shape index (κ1) is 9.59. The third-order valence-corrected chi connectivity index (χ3v) is 2.12. The molecule has 0 saturated carbocycles. The summed E-state index contributed by atoms with van der Waals surface area (Å²) in [7, 11) is 0. The fraction of sp³-hybridized carbons (Fsp3) is 0.0769. The second-order valence-electron chi connectivity index (χ2n) is 3.30. The van der Waals surface area contributed by atoms with E-state index in [-0.39, 0.29) is 0 Å². The fourth-order valence-electron chi connectivity index (χ4n) is 1.35. The quantitative estimate of drug-likeness (QED) is 0.737. The average Bonchev–Trinajstić information content (AvgIpc) is 2.31. The van der Waals surface area contributed by atoms with E-state index < -0.39 is 0 Å². The van der Waals surface area contributed by atoms with Crippen LogP contribution >= 0.6 is 0 Å². The second-order valence-corrected chi connectivity index (χ2v) is 3.30. The number of hydrogen-bond acceptors (Lipinski definition) is 2. The van der Waals surface area contributed by atoms with Gasteiger partial charge >= 0.3 is 0 Å². The molecule has 0 aliphatic heterocycles. The van der Waals surface area contributed by atoms with Crippen molar-refractivity contribution >= 4 is 11.6 Å². The lowest BCUT2D eigenvalue weighted by Gasteiger charge is -1.99. The van der Waals surface area contributed by atoms with Crippen molar-refractivity contribution in [1.82, 2.24) is 9.97 Å². The number of rotatable bonds is 2. The molecule has 74 valence electrons. The molecule has 0 saturated heterocycles. The summed E-state index contributed by atoms with van der Waals surface area (Å²) >= 11 is 0. The van der Waals surface area contributed by atoms with Crippen LogP contribution in [-0.2, 0) is 0 Å². The van der Waals surface area contributed by atoms with E-state index in [0.29, 0.717) is 0 Å². The minimum atomic E-state index is 0.959. The van der Waals surface area contributed by atoms with Gasteiger partial charge < -0.3 is 0 Å². The molecule has 0 radical (unpaired) electrons. The van der Waals surface area contributed by atoms with Crippen LogP contribution in [-0.4, -0.2) is 9.97 Å². The zero-order valence-electron chi connectivity index (χ0n) is 8.59. The maximum Gasteiger partial charge on any atom is 0.0659 e. The van der Waals surface area contributed by atoms with Crippen LogP contribution in [0, 0.1) is 0 Å². The lowest BCUT2D eigenvalue weighted by Crippen LogP contribution is -1.85. The monoisotopic (exact) mass is 196 g/mol. The van der Waals surface area contributed by atoms with Crippen molar-refractivity contribution in [2.45, 2.75) is 6.92 Å². The van der Waals surface area contributed by atoms with Crippen LogP contribution in [0.2, 0.25) is 0 Å². The van der Waals surface area contributed by atoms with E-state index in [1.807, 2.05) is 49.4 Å². The second kappa shape index (κ2) is 4.51. The molecule has 2 heterocycles. The summed E-state index contributed by atoms with van der Waals surface area (Å²) in [5.41, 5.74) is 3.07. The number of nitrogens with zero attached hydrogens (tertiary/aromatic N) is 2. The molecule has 0 fully saturated rings. The SMILES string of the molecule is C/C(=C/c1ccccn1)c1ccccn1. The highest BCUT2D eigenvalue weighted by Gasteiger charge is 1.95. The summed E-state index contributed by atoms with van der Waals surface area (Å²) in [6.45, 7) is 2.04. The molecule has 0 amide bonds. The summed E-state index contributed by atoms with van der Waals surface area (Å²) in [5, 5.41) is 0. The van der Waals surface area contributed by atoms with E-state index >= 15 is 0 Å². The van der Waals surface area contributed by atoms with Gasteiger partial charge in [0.2, 0.25) is 0 Å². The van der Waals surface area contributed by atoms with Crippen LogP contribution in [0.25, 0.3) is 11.6 Å². The number of hydrogen-bond donors (Lipinski definition) is 0. The third kappa shape index (κ3) is 2.50. The van der Waals surface area contributed by atoms with Gasteiger partial charge in [0, 0.05) is 12.4 Å². The Labute approximate surface area is 89.3 Å². The number of pyridine rings is 2. The summed E-state index contributed by atoms with van der Waals surface area (Å²) < 4.78 is 0. The Balaban J connectivity index is 2.29. The smallest absolute Gasteiger partial charge is 0.0659 e. The summed E-state index contributed by atoms with van der Waals surface area (Å²) in [6, 6.07) is 11.8. The number of aromatic nitrogens is 2. The van der Waals surface area contributed by atoms with E-state index in [4.69, 9.17) is 0 Å². The van der Waals surface area contributed by atoms with Crippen LogP contribution < -0.4 is 0 Å². The lowest BCUT2D eigenvalue weighted by molar-refractivity contribution is 1.26. The Morgan fingerprint density at radius 3 is 2.33 bits per heavy atom. The van der Waals surface area contributed by atoms with E-state index in [1.165, 1.54) is 0 Å². The van der Waals surface area contributed by atoms with Crippen LogP contribution in [0.15, 0.2) is 48.8 Å². The predicted octanol–water partition coefficient (Wildman–Crippen LogP) is 3.04. The van der Waals surface area contributed by atoms with E-state index in [2.05, 4.69) is 9.97 Å². The van der Waals surface area contributed by atoms with Crippen molar-refractivity contribution in [2.24, 2.45) is 0 Å². The van der Waals surface area contributed by atoms with Crippen LogP contribution in [0.1, 0.15) is 18.3 Å². The highest BCUT2D eigenvalue weighted by atomic mass is 14.7. The molecule has 0 spiro atoms. The van der Waals surface area contributed by atoms with E-state index in [9.17, 15) is 0 Å². The van der Waals surface area contributed by atoms with Gasteiger partial charge in [0.05, 0.1) is 11.4 Å². The molecule has 2 rings (SSSR count). The zero-order chi connectivity index (χ0) is 10.5. The minimum absolute atomic E-state index is 0.959. The van der Waals surface area contributed by atoms with E-state index in [0.717, 1.165) is 17.0 Å². The van der Waals surface area contributed by atoms with Gasteiger partial charge in [-0.05, 0) is 42.8 Å². The molecule has 2 nitrogen and oxygen atoms in total. The lowest BCUT2D eigenvalue weighted by atomic mass is 10.1. The molecule has 2 aromatic heterocycles. The molecule has 0 unspecified atom stereocenters. The average molecular weight is 196 g/mol.